The zero-order chi connectivity index (χ0) is 16.5. The van der Waals surface area contributed by atoms with E-state index in [0.717, 1.165) is 62.9 Å². The van der Waals surface area contributed by atoms with Crippen molar-refractivity contribution in [2.45, 2.75) is 13.5 Å². The molecule has 0 amide bonds. The van der Waals surface area contributed by atoms with Gasteiger partial charge in [-0.3, -0.25) is 9.89 Å². The number of aliphatic imine (C=N–C) groups is 1. The van der Waals surface area contributed by atoms with Gasteiger partial charge in [0.2, 0.25) is 0 Å². The smallest absolute Gasteiger partial charge is 0.194 e. The third-order valence-electron chi connectivity index (χ3n) is 3.84. The average molecular weight is 511 g/mol. The summed E-state index contributed by atoms with van der Waals surface area (Å²) in [4.78, 5) is 9.34. The van der Waals surface area contributed by atoms with E-state index < -0.39 is 0 Å². The predicted molar refractivity (Wildman–Crippen MR) is 114 cm³/mol. The van der Waals surface area contributed by atoms with Crippen molar-refractivity contribution in [3.8, 4) is 0 Å². The molecule has 0 radical (unpaired) electrons. The number of nitrogens with zero attached hydrogens (tertiary/aromatic N) is 3. The van der Waals surface area contributed by atoms with E-state index in [1.165, 1.54) is 5.56 Å². The molecule has 0 aromatic heterocycles. The van der Waals surface area contributed by atoms with Crippen LogP contribution in [0.4, 0.5) is 0 Å². The lowest BCUT2D eigenvalue weighted by Gasteiger charge is -2.26. The van der Waals surface area contributed by atoms with Gasteiger partial charge in [-0.1, -0.05) is 34.1 Å². The van der Waals surface area contributed by atoms with Gasteiger partial charge in [-0.2, -0.15) is 0 Å². The monoisotopic (exact) mass is 510 g/mol. The Bertz CT molecular complexity index is 509. The van der Waals surface area contributed by atoms with Crippen molar-refractivity contribution < 1.29 is 4.74 Å². The molecule has 136 valence electrons. The van der Waals surface area contributed by atoms with Crippen molar-refractivity contribution >= 4 is 45.9 Å². The number of nitrogens with one attached hydrogen (secondary N) is 1. The van der Waals surface area contributed by atoms with Gasteiger partial charge in [0.25, 0.3) is 0 Å². The normalized spacial score (nSPS) is 15.7. The molecule has 1 aliphatic rings. The summed E-state index contributed by atoms with van der Waals surface area (Å²) in [5, 5.41) is 3.38. The maximum atomic E-state index is 5.38. The zero-order valence-electron chi connectivity index (χ0n) is 14.5. The molecule has 5 nitrogen and oxygen atoms in total. The molecule has 7 heteroatoms. The van der Waals surface area contributed by atoms with Crippen LogP contribution in [0, 0.1) is 0 Å². The topological polar surface area (TPSA) is 40.1 Å². The van der Waals surface area contributed by atoms with E-state index in [9.17, 15) is 0 Å². The third-order valence-corrected chi connectivity index (χ3v) is 4.62. The molecule has 1 fully saturated rings. The van der Waals surface area contributed by atoms with Crippen LogP contribution in [0.1, 0.15) is 12.5 Å². The average Bonchev–Trinajstić information content (AvgIpc) is 2.57. The first-order valence-corrected chi connectivity index (χ1v) is 9.03. The molecule has 1 heterocycles. The SMILES string of the molecule is CCNC(=NCCN1CCOCC1)N(C)Cc1ccccc1Br.I. The van der Waals surface area contributed by atoms with Crippen LogP contribution >= 0.6 is 39.9 Å². The lowest BCUT2D eigenvalue weighted by molar-refractivity contribution is 0.0394. The molecule has 1 N–H and O–H groups in total. The second kappa shape index (κ2) is 12.1. The molecule has 1 saturated heterocycles. The molecular formula is C17H28BrIN4O. The van der Waals surface area contributed by atoms with E-state index in [-0.39, 0.29) is 24.0 Å². The summed E-state index contributed by atoms with van der Waals surface area (Å²) in [6.45, 7) is 9.30. The Morgan fingerprint density at radius 1 is 1.33 bits per heavy atom. The van der Waals surface area contributed by atoms with Gasteiger partial charge in [0.1, 0.15) is 0 Å². The molecule has 0 unspecified atom stereocenters. The highest BCUT2D eigenvalue weighted by atomic mass is 127. The highest BCUT2D eigenvalue weighted by Gasteiger charge is 2.11. The fraction of sp³-hybridized carbons (Fsp3) is 0.588. The lowest BCUT2D eigenvalue weighted by Crippen LogP contribution is -2.40. The number of benzene rings is 1. The minimum atomic E-state index is 0. The largest absolute Gasteiger partial charge is 0.379 e. The van der Waals surface area contributed by atoms with Crippen molar-refractivity contribution in [3.63, 3.8) is 0 Å². The maximum absolute atomic E-state index is 5.38. The molecule has 0 atom stereocenters. The summed E-state index contributed by atoms with van der Waals surface area (Å²) < 4.78 is 6.51. The van der Waals surface area contributed by atoms with Gasteiger partial charge < -0.3 is 15.0 Å². The summed E-state index contributed by atoms with van der Waals surface area (Å²) in [5.74, 6) is 0.955. The van der Waals surface area contributed by atoms with Crippen LogP contribution in [0.15, 0.2) is 33.7 Å². The number of guanidine groups is 1. The first kappa shape index (κ1) is 21.7. The van der Waals surface area contributed by atoms with Gasteiger partial charge >= 0.3 is 0 Å². The summed E-state index contributed by atoms with van der Waals surface area (Å²) in [5.41, 5.74) is 1.26. The Hall–Kier alpha value is -0.380. The van der Waals surface area contributed by atoms with Gasteiger partial charge in [-0.05, 0) is 18.6 Å². The van der Waals surface area contributed by atoms with Crippen LogP contribution in [-0.4, -0.2) is 68.7 Å². The zero-order valence-corrected chi connectivity index (χ0v) is 18.4. The van der Waals surface area contributed by atoms with Gasteiger partial charge in [-0.25, -0.2) is 0 Å². The minimum Gasteiger partial charge on any atom is -0.379 e. The summed E-state index contributed by atoms with van der Waals surface area (Å²) in [6, 6.07) is 8.31. The van der Waals surface area contributed by atoms with Crippen LogP contribution in [0.25, 0.3) is 0 Å². The molecule has 0 bridgehead atoms. The second-order valence-corrected chi connectivity index (χ2v) is 6.49. The summed E-state index contributed by atoms with van der Waals surface area (Å²) in [7, 11) is 2.08. The van der Waals surface area contributed by atoms with Crippen molar-refractivity contribution in [1.82, 2.24) is 15.1 Å². The molecular weight excluding hydrogens is 483 g/mol. The summed E-state index contributed by atoms with van der Waals surface area (Å²) in [6.07, 6.45) is 0. The Kier molecular flexibility index (Phi) is 10.9. The number of rotatable bonds is 6. The van der Waals surface area contributed by atoms with Crippen LogP contribution in [0.2, 0.25) is 0 Å². The molecule has 1 aliphatic heterocycles. The van der Waals surface area contributed by atoms with E-state index >= 15 is 0 Å². The van der Waals surface area contributed by atoms with Crippen molar-refractivity contribution in [2.75, 3.05) is 53.0 Å². The van der Waals surface area contributed by atoms with E-state index in [1.807, 2.05) is 6.07 Å². The molecule has 0 aliphatic carbocycles. The molecule has 0 spiro atoms. The minimum absolute atomic E-state index is 0. The van der Waals surface area contributed by atoms with Crippen molar-refractivity contribution in [2.24, 2.45) is 4.99 Å². The number of hydrogen-bond acceptors (Lipinski definition) is 3. The summed E-state index contributed by atoms with van der Waals surface area (Å²) >= 11 is 3.61. The first-order valence-electron chi connectivity index (χ1n) is 8.23. The standard InChI is InChI=1S/C17H27BrN4O.HI/c1-3-19-17(20-8-9-22-10-12-23-13-11-22)21(2)14-15-6-4-5-7-16(15)18;/h4-7H,3,8-14H2,1-2H3,(H,19,20);1H. The highest BCUT2D eigenvalue weighted by molar-refractivity contribution is 14.0. The number of halogens is 2. The molecule has 0 saturated carbocycles. The Labute approximate surface area is 171 Å². The third kappa shape index (κ3) is 7.25. The quantitative estimate of drug-likeness (QED) is 0.363. The van der Waals surface area contributed by atoms with Gasteiger partial charge in [0.05, 0.1) is 19.8 Å². The van der Waals surface area contributed by atoms with Gasteiger partial charge in [0, 0.05) is 44.2 Å². The highest BCUT2D eigenvalue weighted by Crippen LogP contribution is 2.17. The van der Waals surface area contributed by atoms with Gasteiger partial charge in [0.15, 0.2) is 5.96 Å². The van der Waals surface area contributed by atoms with E-state index in [0.29, 0.717) is 0 Å². The van der Waals surface area contributed by atoms with Crippen molar-refractivity contribution in [3.05, 3.63) is 34.3 Å². The second-order valence-electron chi connectivity index (χ2n) is 5.64. The first-order chi connectivity index (χ1) is 11.2. The van der Waals surface area contributed by atoms with Crippen LogP contribution in [-0.2, 0) is 11.3 Å². The fourth-order valence-corrected chi connectivity index (χ4v) is 2.96. The molecule has 1 aromatic rings. The molecule has 24 heavy (non-hydrogen) atoms. The Morgan fingerprint density at radius 3 is 2.71 bits per heavy atom. The van der Waals surface area contributed by atoms with E-state index in [4.69, 9.17) is 9.73 Å². The van der Waals surface area contributed by atoms with E-state index in [1.54, 1.807) is 0 Å². The van der Waals surface area contributed by atoms with Gasteiger partial charge in [-0.15, -0.1) is 24.0 Å². The maximum Gasteiger partial charge on any atom is 0.194 e. The molecule has 1 aromatic carbocycles. The number of morpholine rings is 1. The fourth-order valence-electron chi connectivity index (χ4n) is 2.55. The number of ether oxygens (including phenoxy) is 1. The van der Waals surface area contributed by atoms with Crippen LogP contribution in [0.5, 0.6) is 0 Å². The Morgan fingerprint density at radius 2 is 2.04 bits per heavy atom. The Balaban J connectivity index is 0.00000288. The van der Waals surface area contributed by atoms with Crippen molar-refractivity contribution in [1.29, 1.82) is 0 Å². The predicted octanol–water partition coefficient (Wildman–Crippen LogP) is 2.80. The van der Waals surface area contributed by atoms with E-state index in [2.05, 4.69) is 63.2 Å². The van der Waals surface area contributed by atoms with Crippen LogP contribution < -0.4 is 5.32 Å². The lowest BCUT2D eigenvalue weighted by atomic mass is 10.2. The number of hydrogen-bond donors (Lipinski definition) is 1. The van der Waals surface area contributed by atoms with Crippen LogP contribution in [0.3, 0.4) is 0 Å². The molecule has 2 rings (SSSR count).